The van der Waals surface area contributed by atoms with E-state index in [9.17, 15) is 24.6 Å². The van der Waals surface area contributed by atoms with E-state index in [0.717, 1.165) is 5.56 Å². The topological polar surface area (TPSA) is 154 Å². The maximum absolute atomic E-state index is 12.0. The largest absolute Gasteiger partial charge is 0.504 e. The van der Waals surface area contributed by atoms with Crippen LogP contribution in [0, 0.1) is 0 Å². The number of H-pyrrole nitrogens is 1. The second-order valence-corrected chi connectivity index (χ2v) is 6.35. The van der Waals surface area contributed by atoms with E-state index in [4.69, 9.17) is 4.74 Å². The molecule has 0 fully saturated rings. The lowest BCUT2D eigenvalue weighted by molar-refractivity contribution is -0.141. The Bertz CT molecular complexity index is 837. The Hall–Kier alpha value is -3.56. The van der Waals surface area contributed by atoms with Gasteiger partial charge in [-0.2, -0.15) is 0 Å². The first-order valence-corrected chi connectivity index (χ1v) is 9.01. The number of phenolic OH excluding ortho intramolecular Hbond substituents is 1. The van der Waals surface area contributed by atoms with E-state index in [2.05, 4.69) is 20.6 Å². The number of benzene rings is 1. The number of carboxylic acids is 1. The molecule has 0 saturated carbocycles. The number of nitrogens with zero attached hydrogens (tertiary/aromatic N) is 1. The van der Waals surface area contributed by atoms with E-state index in [1.165, 1.54) is 25.7 Å². The Labute approximate surface area is 167 Å². The van der Waals surface area contributed by atoms with E-state index in [-0.39, 0.29) is 37.5 Å². The molecule has 1 aromatic carbocycles. The van der Waals surface area contributed by atoms with Crippen LogP contribution in [0.25, 0.3) is 0 Å². The zero-order valence-corrected chi connectivity index (χ0v) is 16.0. The first-order chi connectivity index (χ1) is 13.9. The average molecular weight is 404 g/mol. The molecule has 0 spiro atoms. The summed E-state index contributed by atoms with van der Waals surface area (Å²) in [6.07, 6.45) is 3.62. The summed E-state index contributed by atoms with van der Waals surface area (Å²) in [7, 11) is 1.44. The number of aromatic nitrogens is 2. The van der Waals surface area contributed by atoms with Gasteiger partial charge in [-0.15, -0.1) is 0 Å². The molecule has 0 aliphatic rings. The van der Waals surface area contributed by atoms with Gasteiger partial charge in [-0.05, 0) is 24.1 Å². The summed E-state index contributed by atoms with van der Waals surface area (Å²) >= 11 is 0. The molecule has 0 saturated heterocycles. The number of aromatic hydroxyl groups is 1. The van der Waals surface area contributed by atoms with Gasteiger partial charge in [0.15, 0.2) is 11.5 Å². The van der Waals surface area contributed by atoms with Crippen molar-refractivity contribution in [2.45, 2.75) is 31.7 Å². The van der Waals surface area contributed by atoms with Crippen LogP contribution < -0.4 is 15.4 Å². The van der Waals surface area contributed by atoms with Gasteiger partial charge in [0.1, 0.15) is 6.04 Å². The number of carbonyl (C=O) groups is 3. The van der Waals surface area contributed by atoms with Crippen LogP contribution in [-0.4, -0.2) is 57.7 Å². The quantitative estimate of drug-likeness (QED) is 0.363. The minimum atomic E-state index is -1.15. The number of carboxylic acid groups (broad SMARTS) is 1. The van der Waals surface area contributed by atoms with Gasteiger partial charge >= 0.3 is 5.97 Å². The van der Waals surface area contributed by atoms with Gasteiger partial charge in [0.2, 0.25) is 11.8 Å². The molecular weight excluding hydrogens is 380 g/mol. The number of amides is 2. The Kier molecular flexibility index (Phi) is 8.01. The molecule has 1 unspecified atom stereocenters. The fourth-order valence-corrected chi connectivity index (χ4v) is 2.62. The van der Waals surface area contributed by atoms with E-state index >= 15 is 0 Å². The molecule has 156 valence electrons. The van der Waals surface area contributed by atoms with Crippen LogP contribution in [0.3, 0.4) is 0 Å². The van der Waals surface area contributed by atoms with Crippen molar-refractivity contribution in [2.24, 2.45) is 0 Å². The molecule has 1 aromatic heterocycles. The van der Waals surface area contributed by atoms with Crippen LogP contribution >= 0.6 is 0 Å². The Morgan fingerprint density at radius 1 is 1.24 bits per heavy atom. The molecule has 2 rings (SSSR count). The van der Waals surface area contributed by atoms with Crippen LogP contribution in [0.2, 0.25) is 0 Å². The first kappa shape index (κ1) is 21.7. The monoisotopic (exact) mass is 404 g/mol. The number of carbonyl (C=O) groups excluding carboxylic acids is 2. The minimum Gasteiger partial charge on any atom is -0.504 e. The number of nitrogens with one attached hydrogen (secondary N) is 3. The Morgan fingerprint density at radius 2 is 2.03 bits per heavy atom. The molecule has 5 N–H and O–H groups in total. The van der Waals surface area contributed by atoms with Gasteiger partial charge in [0.05, 0.1) is 13.4 Å². The lowest BCUT2D eigenvalue weighted by atomic mass is 10.1. The number of aromatic amines is 1. The highest BCUT2D eigenvalue weighted by Gasteiger charge is 2.20. The SMILES string of the molecule is COc1cc(CCC(=O)NCCC(=O)NC(Cc2cnc[nH]2)C(=O)O)ccc1O. The highest BCUT2D eigenvalue weighted by molar-refractivity contribution is 5.84. The van der Waals surface area contributed by atoms with Crippen molar-refractivity contribution in [3.63, 3.8) is 0 Å². The van der Waals surface area contributed by atoms with Crippen LogP contribution in [-0.2, 0) is 27.2 Å². The fourth-order valence-electron chi connectivity index (χ4n) is 2.62. The number of ether oxygens (including phenoxy) is 1. The van der Waals surface area contributed by atoms with Crippen molar-refractivity contribution < 1.29 is 29.3 Å². The lowest BCUT2D eigenvalue weighted by Gasteiger charge is -2.14. The number of imidazole rings is 1. The molecule has 0 bridgehead atoms. The van der Waals surface area contributed by atoms with Gasteiger partial charge in [-0.25, -0.2) is 9.78 Å². The molecule has 10 nitrogen and oxygen atoms in total. The van der Waals surface area contributed by atoms with Gasteiger partial charge in [-0.3, -0.25) is 9.59 Å². The van der Waals surface area contributed by atoms with Gasteiger partial charge in [0, 0.05) is 37.7 Å². The first-order valence-electron chi connectivity index (χ1n) is 9.01. The molecule has 1 heterocycles. The lowest BCUT2D eigenvalue weighted by Crippen LogP contribution is -2.43. The minimum absolute atomic E-state index is 0.0268. The number of hydrogen-bond donors (Lipinski definition) is 5. The second kappa shape index (κ2) is 10.7. The van der Waals surface area contributed by atoms with E-state index in [1.807, 2.05) is 0 Å². The summed E-state index contributed by atoms with van der Waals surface area (Å²) in [5.74, 6) is -1.50. The number of methoxy groups -OCH3 is 1. The number of rotatable bonds is 11. The summed E-state index contributed by atoms with van der Waals surface area (Å²) in [5.41, 5.74) is 1.42. The average Bonchev–Trinajstić information content (AvgIpc) is 3.20. The third-order valence-corrected chi connectivity index (χ3v) is 4.17. The molecule has 10 heteroatoms. The zero-order chi connectivity index (χ0) is 21.2. The van der Waals surface area contributed by atoms with Crippen molar-refractivity contribution in [1.29, 1.82) is 0 Å². The van der Waals surface area contributed by atoms with Crippen LogP contribution in [0.4, 0.5) is 0 Å². The maximum atomic E-state index is 12.0. The summed E-state index contributed by atoms with van der Waals surface area (Å²) in [6.45, 7) is 0.0972. The molecule has 2 amide bonds. The van der Waals surface area contributed by atoms with Crippen LogP contribution in [0.5, 0.6) is 11.5 Å². The summed E-state index contributed by atoms with van der Waals surface area (Å²) in [4.78, 5) is 41.8. The molecule has 2 aromatic rings. The predicted octanol–water partition coefficient (Wildman–Crippen LogP) is 0.375. The number of aryl methyl sites for hydroxylation is 1. The summed E-state index contributed by atoms with van der Waals surface area (Å²) in [6, 6.07) is 3.77. The third-order valence-electron chi connectivity index (χ3n) is 4.17. The van der Waals surface area contributed by atoms with Crippen molar-refractivity contribution in [3.05, 3.63) is 42.0 Å². The van der Waals surface area contributed by atoms with E-state index in [1.54, 1.807) is 12.1 Å². The van der Waals surface area contributed by atoms with Crippen molar-refractivity contribution in [3.8, 4) is 11.5 Å². The number of hydrogen-bond acceptors (Lipinski definition) is 6. The maximum Gasteiger partial charge on any atom is 0.326 e. The van der Waals surface area contributed by atoms with Crippen LogP contribution in [0.15, 0.2) is 30.7 Å². The van der Waals surface area contributed by atoms with Crippen molar-refractivity contribution in [1.82, 2.24) is 20.6 Å². The predicted molar refractivity (Wildman–Crippen MR) is 102 cm³/mol. The van der Waals surface area contributed by atoms with Gasteiger partial charge < -0.3 is 30.6 Å². The summed E-state index contributed by atoms with van der Waals surface area (Å²) < 4.78 is 5.02. The number of phenols is 1. The third kappa shape index (κ3) is 7.17. The Balaban J connectivity index is 1.70. The van der Waals surface area contributed by atoms with Gasteiger partial charge in [-0.1, -0.05) is 6.07 Å². The highest BCUT2D eigenvalue weighted by Crippen LogP contribution is 2.26. The van der Waals surface area contributed by atoms with Gasteiger partial charge in [0.25, 0.3) is 0 Å². The molecular formula is C19H24N4O6. The number of aliphatic carboxylic acids is 1. The van der Waals surface area contributed by atoms with Crippen LogP contribution in [0.1, 0.15) is 24.1 Å². The second-order valence-electron chi connectivity index (χ2n) is 6.35. The van der Waals surface area contributed by atoms with E-state index < -0.39 is 17.9 Å². The van der Waals surface area contributed by atoms with Crippen molar-refractivity contribution >= 4 is 17.8 Å². The molecule has 0 aliphatic heterocycles. The van der Waals surface area contributed by atoms with Crippen molar-refractivity contribution in [2.75, 3.05) is 13.7 Å². The standard InChI is InChI=1S/C19H24N4O6/c1-29-16-8-12(2-4-15(16)24)3-5-17(25)21-7-6-18(26)23-14(19(27)28)9-13-10-20-11-22-13/h2,4,8,10-11,14,24H,3,5-7,9H2,1H3,(H,20,22)(H,21,25)(H,23,26)(H,27,28). The molecule has 0 radical (unpaired) electrons. The zero-order valence-electron chi connectivity index (χ0n) is 16.0. The Morgan fingerprint density at radius 3 is 2.69 bits per heavy atom. The summed E-state index contributed by atoms with van der Waals surface area (Å²) in [5, 5.41) is 23.8. The molecule has 0 aliphatic carbocycles. The molecule has 1 atom stereocenters. The highest BCUT2D eigenvalue weighted by atomic mass is 16.5. The van der Waals surface area contributed by atoms with E-state index in [0.29, 0.717) is 17.9 Å². The smallest absolute Gasteiger partial charge is 0.326 e. The molecule has 29 heavy (non-hydrogen) atoms. The normalized spacial score (nSPS) is 11.5. The fraction of sp³-hybridized carbons (Fsp3) is 0.368.